The van der Waals surface area contributed by atoms with Gasteiger partial charge in [0, 0.05) is 31.2 Å². The maximum absolute atomic E-state index is 9.31. The van der Waals surface area contributed by atoms with E-state index in [1.165, 1.54) is 25.9 Å². The summed E-state index contributed by atoms with van der Waals surface area (Å²) in [6.45, 7) is 11.3. The van der Waals surface area contributed by atoms with Crippen LogP contribution < -0.4 is 5.32 Å². The first-order chi connectivity index (χ1) is 7.61. The standard InChI is InChI=1S/C13H28N2O/c1-4-13(3,11-16)10-14-9-12(2)15-7-5-6-8-15/h12,14,16H,4-11H2,1-3H3. The van der Waals surface area contributed by atoms with Crippen molar-refractivity contribution >= 4 is 0 Å². The second-order valence-electron chi connectivity index (χ2n) is 5.55. The Morgan fingerprint density at radius 3 is 2.50 bits per heavy atom. The lowest BCUT2D eigenvalue weighted by atomic mass is 9.88. The first-order valence-electron chi connectivity index (χ1n) is 6.67. The molecule has 0 aliphatic carbocycles. The van der Waals surface area contributed by atoms with Gasteiger partial charge in [0.25, 0.3) is 0 Å². The number of nitrogens with one attached hydrogen (secondary N) is 1. The van der Waals surface area contributed by atoms with Gasteiger partial charge in [0.2, 0.25) is 0 Å². The molecule has 2 unspecified atom stereocenters. The largest absolute Gasteiger partial charge is 0.396 e. The van der Waals surface area contributed by atoms with Gasteiger partial charge in [-0.1, -0.05) is 13.8 Å². The molecule has 0 spiro atoms. The Hall–Kier alpha value is -0.120. The van der Waals surface area contributed by atoms with Gasteiger partial charge >= 0.3 is 0 Å². The van der Waals surface area contributed by atoms with Crippen LogP contribution in [0.15, 0.2) is 0 Å². The molecule has 1 saturated heterocycles. The fourth-order valence-corrected chi connectivity index (χ4v) is 2.19. The van der Waals surface area contributed by atoms with Crippen molar-refractivity contribution < 1.29 is 5.11 Å². The second kappa shape index (κ2) is 6.58. The van der Waals surface area contributed by atoms with Gasteiger partial charge in [-0.3, -0.25) is 4.90 Å². The van der Waals surface area contributed by atoms with Crippen LogP contribution in [0.1, 0.15) is 40.0 Å². The van der Waals surface area contributed by atoms with Gasteiger partial charge in [0.05, 0.1) is 0 Å². The van der Waals surface area contributed by atoms with Crippen LogP contribution in [0.25, 0.3) is 0 Å². The van der Waals surface area contributed by atoms with Crippen molar-refractivity contribution in [3.63, 3.8) is 0 Å². The highest BCUT2D eigenvalue weighted by atomic mass is 16.3. The molecule has 1 aliphatic rings. The van der Waals surface area contributed by atoms with E-state index in [9.17, 15) is 5.11 Å². The molecule has 96 valence electrons. The summed E-state index contributed by atoms with van der Waals surface area (Å²) in [5.41, 5.74) is 0.0464. The van der Waals surface area contributed by atoms with Crippen LogP contribution in [-0.2, 0) is 0 Å². The third-order valence-corrected chi connectivity index (χ3v) is 3.99. The molecule has 0 amide bonds. The van der Waals surface area contributed by atoms with Crippen molar-refractivity contribution in [3.05, 3.63) is 0 Å². The van der Waals surface area contributed by atoms with Crippen LogP contribution in [-0.4, -0.2) is 48.8 Å². The van der Waals surface area contributed by atoms with E-state index in [0.717, 1.165) is 19.5 Å². The number of aliphatic hydroxyl groups excluding tert-OH is 1. The van der Waals surface area contributed by atoms with E-state index >= 15 is 0 Å². The number of hydrogen-bond donors (Lipinski definition) is 2. The zero-order chi connectivity index (χ0) is 12.0. The van der Waals surface area contributed by atoms with Crippen molar-refractivity contribution in [1.82, 2.24) is 10.2 Å². The third-order valence-electron chi connectivity index (χ3n) is 3.99. The topological polar surface area (TPSA) is 35.5 Å². The Kier molecular flexibility index (Phi) is 5.73. The van der Waals surface area contributed by atoms with Crippen molar-refractivity contribution in [3.8, 4) is 0 Å². The predicted molar refractivity (Wildman–Crippen MR) is 68.6 cm³/mol. The van der Waals surface area contributed by atoms with Crippen molar-refractivity contribution in [2.24, 2.45) is 5.41 Å². The molecule has 16 heavy (non-hydrogen) atoms. The average molecular weight is 228 g/mol. The Bertz CT molecular complexity index is 186. The minimum absolute atomic E-state index is 0.0464. The molecule has 0 saturated carbocycles. The van der Waals surface area contributed by atoms with Gasteiger partial charge < -0.3 is 10.4 Å². The van der Waals surface area contributed by atoms with Gasteiger partial charge in [-0.2, -0.15) is 0 Å². The van der Waals surface area contributed by atoms with Crippen LogP contribution >= 0.6 is 0 Å². The Labute approximate surface area is 100 Å². The lowest BCUT2D eigenvalue weighted by Crippen LogP contribution is -2.42. The molecule has 1 fully saturated rings. The van der Waals surface area contributed by atoms with Gasteiger partial charge in [-0.25, -0.2) is 0 Å². The van der Waals surface area contributed by atoms with E-state index in [1.807, 2.05) is 0 Å². The maximum Gasteiger partial charge on any atom is 0.0496 e. The number of aliphatic hydroxyl groups is 1. The zero-order valence-electron chi connectivity index (χ0n) is 11.1. The summed E-state index contributed by atoms with van der Waals surface area (Å²) in [6, 6.07) is 0.627. The minimum atomic E-state index is 0.0464. The molecule has 1 heterocycles. The molecule has 3 nitrogen and oxygen atoms in total. The normalized spacial score (nSPS) is 23.2. The summed E-state index contributed by atoms with van der Waals surface area (Å²) < 4.78 is 0. The summed E-state index contributed by atoms with van der Waals surface area (Å²) in [4.78, 5) is 2.55. The molecular formula is C13H28N2O. The first-order valence-corrected chi connectivity index (χ1v) is 6.67. The SMILES string of the molecule is CCC(C)(CO)CNCC(C)N1CCCC1. The Morgan fingerprint density at radius 1 is 1.38 bits per heavy atom. The van der Waals surface area contributed by atoms with E-state index in [-0.39, 0.29) is 12.0 Å². The van der Waals surface area contributed by atoms with E-state index in [2.05, 4.69) is 31.0 Å². The van der Waals surface area contributed by atoms with Gasteiger partial charge in [0.1, 0.15) is 0 Å². The fraction of sp³-hybridized carbons (Fsp3) is 1.00. The second-order valence-corrected chi connectivity index (χ2v) is 5.55. The van der Waals surface area contributed by atoms with E-state index in [0.29, 0.717) is 6.04 Å². The van der Waals surface area contributed by atoms with Crippen LogP contribution in [0.5, 0.6) is 0 Å². The molecule has 0 radical (unpaired) electrons. The van der Waals surface area contributed by atoms with Crippen molar-refractivity contribution in [1.29, 1.82) is 0 Å². The average Bonchev–Trinajstić information content (AvgIpc) is 2.82. The van der Waals surface area contributed by atoms with Crippen LogP contribution in [0.4, 0.5) is 0 Å². The van der Waals surface area contributed by atoms with Crippen molar-refractivity contribution in [2.75, 3.05) is 32.8 Å². The molecule has 0 bridgehead atoms. The summed E-state index contributed by atoms with van der Waals surface area (Å²) in [5.74, 6) is 0. The van der Waals surface area contributed by atoms with E-state index < -0.39 is 0 Å². The zero-order valence-corrected chi connectivity index (χ0v) is 11.1. The molecule has 3 heteroatoms. The summed E-state index contributed by atoms with van der Waals surface area (Å²) in [7, 11) is 0. The van der Waals surface area contributed by atoms with Crippen LogP contribution in [0, 0.1) is 5.41 Å². The van der Waals surface area contributed by atoms with Gasteiger partial charge in [-0.05, 0) is 39.3 Å². The molecule has 2 atom stereocenters. The number of nitrogens with zero attached hydrogens (tertiary/aromatic N) is 1. The predicted octanol–water partition coefficient (Wildman–Crippen LogP) is 1.47. The summed E-state index contributed by atoms with van der Waals surface area (Å²) in [6.07, 6.45) is 3.73. The van der Waals surface area contributed by atoms with E-state index in [4.69, 9.17) is 0 Å². The molecule has 1 aliphatic heterocycles. The number of hydrogen-bond acceptors (Lipinski definition) is 3. The number of rotatable bonds is 7. The maximum atomic E-state index is 9.31. The Morgan fingerprint density at radius 2 is 2.00 bits per heavy atom. The molecule has 1 rings (SSSR count). The smallest absolute Gasteiger partial charge is 0.0496 e. The van der Waals surface area contributed by atoms with Crippen LogP contribution in [0.3, 0.4) is 0 Å². The van der Waals surface area contributed by atoms with Crippen molar-refractivity contribution in [2.45, 2.75) is 46.1 Å². The Balaban J connectivity index is 2.18. The summed E-state index contributed by atoms with van der Waals surface area (Å²) >= 11 is 0. The van der Waals surface area contributed by atoms with E-state index in [1.54, 1.807) is 0 Å². The lowest BCUT2D eigenvalue weighted by molar-refractivity contribution is 0.131. The molecular weight excluding hydrogens is 200 g/mol. The fourth-order valence-electron chi connectivity index (χ4n) is 2.19. The first kappa shape index (κ1) is 13.9. The highest BCUT2D eigenvalue weighted by molar-refractivity contribution is 4.78. The number of likely N-dealkylation sites (tertiary alicyclic amines) is 1. The highest BCUT2D eigenvalue weighted by Gasteiger charge is 2.22. The molecule has 0 aromatic carbocycles. The monoisotopic (exact) mass is 228 g/mol. The van der Waals surface area contributed by atoms with Gasteiger partial charge in [-0.15, -0.1) is 0 Å². The lowest BCUT2D eigenvalue weighted by Gasteiger charge is -2.29. The minimum Gasteiger partial charge on any atom is -0.396 e. The summed E-state index contributed by atoms with van der Waals surface area (Å²) in [5, 5.41) is 12.8. The molecule has 2 N–H and O–H groups in total. The van der Waals surface area contributed by atoms with Gasteiger partial charge in [0.15, 0.2) is 0 Å². The van der Waals surface area contributed by atoms with Crippen LogP contribution in [0.2, 0.25) is 0 Å². The quantitative estimate of drug-likeness (QED) is 0.692. The third kappa shape index (κ3) is 4.04. The molecule has 0 aromatic rings. The molecule has 0 aromatic heterocycles. The highest BCUT2D eigenvalue weighted by Crippen LogP contribution is 2.18.